The van der Waals surface area contributed by atoms with Gasteiger partial charge in [-0.05, 0) is 64.2 Å². The summed E-state index contributed by atoms with van der Waals surface area (Å²) in [6.45, 7) is 6.64. The van der Waals surface area contributed by atoms with E-state index in [0.717, 1.165) is 70.6 Å². The molecule has 478 valence electrons. The van der Waals surface area contributed by atoms with Crippen LogP contribution in [0.4, 0.5) is 0 Å². The third-order valence-corrected chi connectivity index (χ3v) is 16.9. The molecule has 0 aromatic carbocycles. The molecule has 0 fully saturated rings. The summed E-state index contributed by atoms with van der Waals surface area (Å²) in [7, 11) is 0. The monoisotopic (exact) mass is 1140 g/mol. The molecule has 0 saturated carbocycles. The van der Waals surface area contributed by atoms with E-state index in [-0.39, 0.29) is 31.1 Å². The van der Waals surface area contributed by atoms with Crippen molar-refractivity contribution in [2.75, 3.05) is 13.2 Å². The predicted molar refractivity (Wildman–Crippen MR) is 353 cm³/mol. The third kappa shape index (κ3) is 68.6. The van der Waals surface area contributed by atoms with Gasteiger partial charge in [-0.1, -0.05) is 360 Å². The van der Waals surface area contributed by atoms with Crippen molar-refractivity contribution in [2.24, 2.45) is 0 Å². The molecule has 0 aliphatic rings. The quantitative estimate of drug-likeness (QED) is 0.0261. The van der Waals surface area contributed by atoms with Gasteiger partial charge >= 0.3 is 17.9 Å². The lowest BCUT2D eigenvalue weighted by Crippen LogP contribution is -2.30. The van der Waals surface area contributed by atoms with Crippen LogP contribution in [0.15, 0.2) is 24.3 Å². The number of carbonyl (C=O) groups excluding carboxylic acids is 3. The molecule has 0 bridgehead atoms. The maximum atomic E-state index is 12.9. The third-order valence-electron chi connectivity index (χ3n) is 16.9. The van der Waals surface area contributed by atoms with E-state index in [2.05, 4.69) is 45.1 Å². The topological polar surface area (TPSA) is 78.9 Å². The van der Waals surface area contributed by atoms with E-state index >= 15 is 0 Å². The van der Waals surface area contributed by atoms with Crippen LogP contribution in [0.25, 0.3) is 0 Å². The molecule has 0 rings (SSSR count). The summed E-state index contributed by atoms with van der Waals surface area (Å²) >= 11 is 0. The van der Waals surface area contributed by atoms with E-state index in [9.17, 15) is 14.4 Å². The number of carbonyl (C=O) groups is 3. The van der Waals surface area contributed by atoms with Crippen molar-refractivity contribution in [3.05, 3.63) is 24.3 Å². The van der Waals surface area contributed by atoms with E-state index in [1.165, 1.54) is 308 Å². The minimum absolute atomic E-state index is 0.0697. The molecular formula is C75H142O6. The number of hydrogen-bond acceptors (Lipinski definition) is 6. The summed E-state index contributed by atoms with van der Waals surface area (Å²) in [6, 6.07) is 0. The zero-order chi connectivity index (χ0) is 58.5. The zero-order valence-electron chi connectivity index (χ0n) is 55.1. The molecule has 0 aromatic heterocycles. The predicted octanol–water partition coefficient (Wildman–Crippen LogP) is 25.3. The lowest BCUT2D eigenvalue weighted by atomic mass is 10.0. The number of rotatable bonds is 69. The van der Waals surface area contributed by atoms with Crippen molar-refractivity contribution in [3.8, 4) is 0 Å². The van der Waals surface area contributed by atoms with Crippen LogP contribution >= 0.6 is 0 Å². The molecule has 0 heterocycles. The Morgan fingerprint density at radius 3 is 0.667 bits per heavy atom. The van der Waals surface area contributed by atoms with Gasteiger partial charge in [0.15, 0.2) is 6.10 Å². The number of ether oxygens (including phenoxy) is 3. The van der Waals surface area contributed by atoms with Crippen LogP contribution in [0.1, 0.15) is 419 Å². The highest BCUT2D eigenvalue weighted by Crippen LogP contribution is 2.19. The molecule has 0 saturated heterocycles. The summed E-state index contributed by atoms with van der Waals surface area (Å²) in [5, 5.41) is 0. The Kier molecular flexibility index (Phi) is 68.5. The van der Waals surface area contributed by atoms with Gasteiger partial charge in [-0.3, -0.25) is 14.4 Å². The number of esters is 3. The van der Waals surface area contributed by atoms with Gasteiger partial charge in [0.1, 0.15) is 13.2 Å². The van der Waals surface area contributed by atoms with Gasteiger partial charge in [-0.15, -0.1) is 0 Å². The fourth-order valence-electron chi connectivity index (χ4n) is 11.4. The summed E-state index contributed by atoms with van der Waals surface area (Å²) in [5.74, 6) is -0.855. The van der Waals surface area contributed by atoms with Gasteiger partial charge in [0.25, 0.3) is 0 Å². The van der Waals surface area contributed by atoms with Gasteiger partial charge in [0.2, 0.25) is 0 Å². The van der Waals surface area contributed by atoms with E-state index in [1.807, 2.05) is 0 Å². The fourth-order valence-corrected chi connectivity index (χ4v) is 11.4. The Balaban J connectivity index is 4.01. The van der Waals surface area contributed by atoms with Crippen molar-refractivity contribution in [3.63, 3.8) is 0 Å². The lowest BCUT2D eigenvalue weighted by molar-refractivity contribution is -0.167. The maximum absolute atomic E-state index is 12.9. The van der Waals surface area contributed by atoms with Crippen LogP contribution in [0, 0.1) is 0 Å². The van der Waals surface area contributed by atoms with E-state index in [1.54, 1.807) is 0 Å². The molecule has 6 nitrogen and oxygen atoms in total. The van der Waals surface area contributed by atoms with E-state index in [0.29, 0.717) is 19.3 Å². The molecule has 6 heteroatoms. The molecule has 0 aliphatic carbocycles. The molecule has 81 heavy (non-hydrogen) atoms. The van der Waals surface area contributed by atoms with Crippen LogP contribution in [0.2, 0.25) is 0 Å². The first-order valence-corrected chi connectivity index (χ1v) is 36.8. The Labute approximate surface area is 506 Å². The van der Waals surface area contributed by atoms with Gasteiger partial charge in [0.05, 0.1) is 0 Å². The highest BCUT2D eigenvalue weighted by molar-refractivity contribution is 5.71. The van der Waals surface area contributed by atoms with Crippen LogP contribution in [0.5, 0.6) is 0 Å². The average Bonchev–Trinajstić information content (AvgIpc) is 3.47. The number of hydrogen-bond donors (Lipinski definition) is 0. The van der Waals surface area contributed by atoms with Gasteiger partial charge in [-0.2, -0.15) is 0 Å². The Hall–Kier alpha value is -2.11. The van der Waals surface area contributed by atoms with Gasteiger partial charge in [-0.25, -0.2) is 0 Å². The number of unbranched alkanes of at least 4 members (excludes halogenated alkanes) is 54. The largest absolute Gasteiger partial charge is 0.462 e. The SMILES string of the molecule is CCC/C=C\CCCCCCCC(=O)OCC(COC(=O)CCCCCCCCCCCCCCCCCCCCCCCCCCCCCCCCCCCC)OC(=O)CCCCCCCCCCC/C=C\CCCCCCCC. The first kappa shape index (κ1) is 78.9. The Morgan fingerprint density at radius 2 is 0.432 bits per heavy atom. The Bertz CT molecular complexity index is 1310. The van der Waals surface area contributed by atoms with Crippen LogP contribution in [-0.2, 0) is 28.6 Å². The first-order valence-electron chi connectivity index (χ1n) is 36.8. The van der Waals surface area contributed by atoms with Crippen molar-refractivity contribution in [1.82, 2.24) is 0 Å². The summed E-state index contributed by atoms with van der Waals surface area (Å²) < 4.78 is 16.9. The second-order valence-electron chi connectivity index (χ2n) is 25.2. The molecule has 0 amide bonds. The maximum Gasteiger partial charge on any atom is 0.306 e. The summed E-state index contributed by atoms with van der Waals surface area (Å²) in [4.78, 5) is 38.3. The van der Waals surface area contributed by atoms with Crippen LogP contribution in [0.3, 0.4) is 0 Å². The highest BCUT2D eigenvalue weighted by Gasteiger charge is 2.20. The normalized spacial score (nSPS) is 12.1. The molecule has 1 unspecified atom stereocenters. The molecule has 0 aromatic rings. The van der Waals surface area contributed by atoms with Gasteiger partial charge < -0.3 is 14.2 Å². The van der Waals surface area contributed by atoms with Crippen LogP contribution < -0.4 is 0 Å². The molecule has 1 atom stereocenters. The standard InChI is InChI=1S/C75H142O6/c1-4-7-10-13-16-19-22-24-26-28-30-31-32-33-34-35-36-37-38-39-40-41-42-43-44-46-47-49-51-53-56-59-62-65-68-74(77)80-71-72(70-79-73(76)67-64-61-58-55-21-18-15-12-9-6-3)81-75(78)69-66-63-60-57-54-52-50-48-45-29-27-25-23-20-17-14-11-8-5-2/h12,15,25,27,72H,4-11,13-14,16-24,26,28-71H2,1-3H3/b15-12-,27-25-. The second kappa shape index (κ2) is 70.4. The Morgan fingerprint density at radius 1 is 0.235 bits per heavy atom. The smallest absolute Gasteiger partial charge is 0.306 e. The first-order chi connectivity index (χ1) is 40.0. The van der Waals surface area contributed by atoms with Crippen molar-refractivity contribution >= 4 is 17.9 Å². The molecule has 0 radical (unpaired) electrons. The molecule has 0 N–H and O–H groups in total. The minimum Gasteiger partial charge on any atom is -0.462 e. The fraction of sp³-hybridized carbons (Fsp3) is 0.907. The lowest BCUT2D eigenvalue weighted by Gasteiger charge is -2.18. The second-order valence-corrected chi connectivity index (χ2v) is 25.2. The highest BCUT2D eigenvalue weighted by atomic mass is 16.6. The van der Waals surface area contributed by atoms with E-state index < -0.39 is 6.10 Å². The molecular weight excluding hydrogens is 997 g/mol. The summed E-state index contributed by atoms with van der Waals surface area (Å²) in [6.07, 6.45) is 86.8. The van der Waals surface area contributed by atoms with E-state index in [4.69, 9.17) is 14.2 Å². The van der Waals surface area contributed by atoms with Crippen LogP contribution in [-0.4, -0.2) is 37.2 Å². The van der Waals surface area contributed by atoms with Crippen molar-refractivity contribution < 1.29 is 28.6 Å². The van der Waals surface area contributed by atoms with Gasteiger partial charge in [0, 0.05) is 19.3 Å². The van der Waals surface area contributed by atoms with Crippen molar-refractivity contribution in [2.45, 2.75) is 425 Å². The van der Waals surface area contributed by atoms with Crippen molar-refractivity contribution in [1.29, 1.82) is 0 Å². The minimum atomic E-state index is -0.773. The average molecular weight is 1140 g/mol. The number of allylic oxidation sites excluding steroid dienone is 4. The zero-order valence-corrected chi connectivity index (χ0v) is 55.1. The molecule has 0 aliphatic heterocycles. The summed E-state index contributed by atoms with van der Waals surface area (Å²) in [5.41, 5.74) is 0. The molecule has 0 spiro atoms.